The zero-order valence-electron chi connectivity index (χ0n) is 13.3. The van der Waals surface area contributed by atoms with Crippen LogP contribution in [0.15, 0.2) is 36.4 Å². The minimum atomic E-state index is -3.53. The van der Waals surface area contributed by atoms with Crippen LogP contribution in [0.4, 0.5) is 22.0 Å². The Labute approximate surface area is 137 Å². The Morgan fingerprint density at radius 1 is 1.00 bits per heavy atom. The van der Waals surface area contributed by atoms with E-state index >= 15 is 0 Å². The fraction of sp³-hybridized carbons (Fsp3) is 0.333. The maximum absolute atomic E-state index is 14.1. The molecule has 130 valence electrons. The molecule has 0 aromatic heterocycles. The van der Waals surface area contributed by atoms with Crippen molar-refractivity contribution in [3.8, 4) is 5.75 Å². The monoisotopic (exact) mass is 344 g/mol. The molecule has 1 nitrogen and oxygen atoms in total. The third-order valence-electron chi connectivity index (χ3n) is 3.67. The van der Waals surface area contributed by atoms with Crippen LogP contribution in [0.1, 0.15) is 35.1 Å². The summed E-state index contributed by atoms with van der Waals surface area (Å²) in [6.45, 7) is 3.16. The molecule has 0 heterocycles. The maximum Gasteiger partial charge on any atom is 0.398 e. The van der Waals surface area contributed by atoms with Gasteiger partial charge in [0.15, 0.2) is 0 Å². The quantitative estimate of drug-likeness (QED) is 0.585. The molecular weight excluding hydrogens is 327 g/mol. The van der Waals surface area contributed by atoms with Crippen molar-refractivity contribution in [2.45, 2.75) is 39.2 Å². The fourth-order valence-corrected chi connectivity index (χ4v) is 2.31. The Hall–Kier alpha value is -2.11. The lowest BCUT2D eigenvalue weighted by Crippen LogP contribution is -2.25. The molecule has 0 radical (unpaired) electrons. The second-order valence-electron chi connectivity index (χ2n) is 5.62. The van der Waals surface area contributed by atoms with Crippen LogP contribution in [-0.4, -0.2) is 6.11 Å². The Kier molecular flexibility index (Phi) is 5.47. The van der Waals surface area contributed by atoms with Crippen molar-refractivity contribution in [3.63, 3.8) is 0 Å². The number of aryl methyl sites for hydroxylation is 3. The van der Waals surface area contributed by atoms with Crippen LogP contribution >= 0.6 is 0 Å². The van der Waals surface area contributed by atoms with Gasteiger partial charge in [-0.25, -0.2) is 13.2 Å². The SMILES string of the molecule is Cc1ccc(OC(F)(F)CCc2ccc(C)c(C(F)F)c2F)cc1. The van der Waals surface area contributed by atoms with Gasteiger partial charge in [0.1, 0.15) is 11.6 Å². The minimum absolute atomic E-state index is 0.0109. The van der Waals surface area contributed by atoms with Gasteiger partial charge in [0, 0.05) is 0 Å². The average molecular weight is 344 g/mol. The molecule has 6 heteroatoms. The number of benzene rings is 2. The Morgan fingerprint density at radius 2 is 1.62 bits per heavy atom. The second kappa shape index (κ2) is 7.20. The highest BCUT2D eigenvalue weighted by Gasteiger charge is 2.32. The van der Waals surface area contributed by atoms with E-state index in [1.807, 2.05) is 6.92 Å². The summed E-state index contributed by atoms with van der Waals surface area (Å²) in [5, 5.41) is 0. The van der Waals surface area contributed by atoms with Crippen molar-refractivity contribution in [2.24, 2.45) is 0 Å². The molecule has 0 fully saturated rings. The van der Waals surface area contributed by atoms with Crippen molar-refractivity contribution in [2.75, 3.05) is 0 Å². The predicted molar refractivity (Wildman–Crippen MR) is 81.2 cm³/mol. The van der Waals surface area contributed by atoms with Crippen molar-refractivity contribution in [1.82, 2.24) is 0 Å². The largest absolute Gasteiger partial charge is 0.433 e. The highest BCUT2D eigenvalue weighted by atomic mass is 19.3. The molecule has 0 aliphatic carbocycles. The summed E-state index contributed by atoms with van der Waals surface area (Å²) in [6.07, 6.45) is -7.75. The van der Waals surface area contributed by atoms with Crippen LogP contribution in [-0.2, 0) is 6.42 Å². The van der Waals surface area contributed by atoms with E-state index in [1.165, 1.54) is 31.2 Å². The summed E-state index contributed by atoms with van der Waals surface area (Å²) >= 11 is 0. The first-order valence-electron chi connectivity index (χ1n) is 7.39. The van der Waals surface area contributed by atoms with Crippen molar-refractivity contribution < 1.29 is 26.7 Å². The van der Waals surface area contributed by atoms with E-state index in [1.54, 1.807) is 12.1 Å². The van der Waals surface area contributed by atoms with Gasteiger partial charge in [0.2, 0.25) is 0 Å². The van der Waals surface area contributed by atoms with E-state index < -0.39 is 36.8 Å². The average Bonchev–Trinajstić information content (AvgIpc) is 2.48. The number of alkyl halides is 4. The first-order valence-corrected chi connectivity index (χ1v) is 7.39. The van der Waals surface area contributed by atoms with Gasteiger partial charge in [-0.1, -0.05) is 29.8 Å². The van der Waals surface area contributed by atoms with E-state index in [2.05, 4.69) is 4.74 Å². The third-order valence-corrected chi connectivity index (χ3v) is 3.67. The van der Waals surface area contributed by atoms with Gasteiger partial charge in [0.05, 0.1) is 12.0 Å². The predicted octanol–water partition coefficient (Wildman–Crippen LogP) is 5.98. The summed E-state index contributed by atoms with van der Waals surface area (Å²) in [6, 6.07) is 8.62. The van der Waals surface area contributed by atoms with Gasteiger partial charge in [-0.2, -0.15) is 8.78 Å². The van der Waals surface area contributed by atoms with Crippen LogP contribution in [0.3, 0.4) is 0 Å². The Balaban J connectivity index is 2.09. The second-order valence-corrected chi connectivity index (χ2v) is 5.62. The topological polar surface area (TPSA) is 9.23 Å². The molecule has 2 rings (SSSR count). The van der Waals surface area contributed by atoms with Gasteiger partial charge in [-0.15, -0.1) is 0 Å². The van der Waals surface area contributed by atoms with E-state index in [9.17, 15) is 22.0 Å². The molecule has 0 saturated heterocycles. The molecule has 0 amide bonds. The van der Waals surface area contributed by atoms with E-state index in [4.69, 9.17) is 0 Å². The van der Waals surface area contributed by atoms with E-state index in [0.29, 0.717) is 0 Å². The third kappa shape index (κ3) is 4.46. The lowest BCUT2D eigenvalue weighted by molar-refractivity contribution is -0.180. The molecule has 0 bridgehead atoms. The molecular formula is C18H17F5O. The highest BCUT2D eigenvalue weighted by molar-refractivity contribution is 5.34. The summed E-state index contributed by atoms with van der Waals surface area (Å²) in [7, 11) is 0. The molecule has 0 spiro atoms. The lowest BCUT2D eigenvalue weighted by Gasteiger charge is -2.19. The van der Waals surface area contributed by atoms with E-state index in [-0.39, 0.29) is 16.9 Å². The molecule has 0 unspecified atom stereocenters. The number of rotatable bonds is 6. The van der Waals surface area contributed by atoms with Crippen LogP contribution in [0, 0.1) is 19.7 Å². The van der Waals surface area contributed by atoms with Gasteiger partial charge >= 0.3 is 6.11 Å². The fourth-order valence-electron chi connectivity index (χ4n) is 2.31. The Morgan fingerprint density at radius 3 is 2.21 bits per heavy atom. The van der Waals surface area contributed by atoms with Crippen molar-refractivity contribution in [1.29, 1.82) is 0 Å². The normalized spacial score (nSPS) is 11.8. The minimum Gasteiger partial charge on any atom is -0.433 e. The highest BCUT2D eigenvalue weighted by Crippen LogP contribution is 2.31. The molecule has 24 heavy (non-hydrogen) atoms. The Bertz CT molecular complexity index is 695. The maximum atomic E-state index is 14.1. The summed E-state index contributed by atoms with van der Waals surface area (Å²) in [5.41, 5.74) is 0.0687. The zero-order chi connectivity index (χ0) is 17.9. The summed E-state index contributed by atoms with van der Waals surface area (Å²) < 4.78 is 72.1. The van der Waals surface area contributed by atoms with Gasteiger partial charge in [-0.3, -0.25) is 0 Å². The van der Waals surface area contributed by atoms with Gasteiger partial charge < -0.3 is 4.74 Å². The summed E-state index contributed by atoms with van der Waals surface area (Å²) in [4.78, 5) is 0. The van der Waals surface area contributed by atoms with Crippen molar-refractivity contribution >= 4 is 0 Å². The number of hydrogen-bond acceptors (Lipinski definition) is 1. The van der Waals surface area contributed by atoms with Crippen LogP contribution < -0.4 is 4.74 Å². The first-order chi connectivity index (χ1) is 11.2. The van der Waals surface area contributed by atoms with Crippen molar-refractivity contribution in [3.05, 3.63) is 64.5 Å². The standard InChI is InChI=1S/C18H17F5O/c1-11-3-7-14(8-4-11)24-18(22,23)10-9-13-6-5-12(2)15(16(13)19)17(20)21/h3-8,17H,9-10H2,1-2H3. The van der Waals surface area contributed by atoms with E-state index in [0.717, 1.165) is 5.56 Å². The van der Waals surface area contributed by atoms with Gasteiger partial charge in [-0.05, 0) is 43.5 Å². The molecule has 2 aromatic carbocycles. The number of hydrogen-bond donors (Lipinski definition) is 0. The first kappa shape index (κ1) is 18.2. The molecule has 0 atom stereocenters. The summed E-state index contributed by atoms with van der Waals surface area (Å²) in [5.74, 6) is -1.14. The van der Waals surface area contributed by atoms with Crippen LogP contribution in [0.25, 0.3) is 0 Å². The van der Waals surface area contributed by atoms with Crippen LogP contribution in [0.5, 0.6) is 5.75 Å². The molecule has 0 aliphatic heterocycles. The van der Waals surface area contributed by atoms with Gasteiger partial charge in [0.25, 0.3) is 6.43 Å². The number of halogens is 5. The lowest BCUT2D eigenvalue weighted by atomic mass is 10.0. The molecule has 0 aliphatic rings. The smallest absolute Gasteiger partial charge is 0.398 e. The molecule has 2 aromatic rings. The van der Waals surface area contributed by atoms with Crippen LogP contribution in [0.2, 0.25) is 0 Å². The molecule has 0 saturated carbocycles. The molecule has 0 N–H and O–H groups in total. The zero-order valence-corrected chi connectivity index (χ0v) is 13.3. The number of ether oxygens (including phenoxy) is 1.